The molecule has 0 saturated heterocycles. The minimum absolute atomic E-state index is 0.297. The van der Waals surface area contributed by atoms with Crippen LogP contribution in [0.15, 0.2) is 36.4 Å². The highest BCUT2D eigenvalue weighted by Gasteiger charge is 2.34. The van der Waals surface area contributed by atoms with Gasteiger partial charge in [-0.2, -0.15) is 0 Å². The number of rotatable bonds is 6. The maximum atomic E-state index is 12.0. The summed E-state index contributed by atoms with van der Waals surface area (Å²) >= 11 is 0. The SMILES string of the molecule is CCc1c(-c2cc(C(C)(C)C)c(O)c(C(C)(C)C)c2)c(CC)c(-c2cc(C(C)(C)C)c(O)c(C(C)(C)C)c2)c(CC)c1-c1cc(C(C)(C)C)c(O)c(C(C)(C)C)c1. The second-order valence-electron chi connectivity index (χ2n) is 22.9. The van der Waals surface area contributed by atoms with Gasteiger partial charge in [0.25, 0.3) is 0 Å². The maximum Gasteiger partial charge on any atom is 0.123 e. The van der Waals surface area contributed by atoms with Gasteiger partial charge in [-0.05, 0) is 138 Å². The molecular weight excluding hydrogens is 697 g/mol. The molecule has 3 heteroatoms. The molecule has 0 spiro atoms. The summed E-state index contributed by atoms with van der Waals surface area (Å²) in [5.41, 5.74) is 14.8. The number of hydrogen-bond acceptors (Lipinski definition) is 3. The highest BCUT2D eigenvalue weighted by Crippen LogP contribution is 2.52. The minimum atomic E-state index is -0.297. The summed E-state index contributed by atoms with van der Waals surface area (Å²) < 4.78 is 0. The van der Waals surface area contributed by atoms with Crippen LogP contribution < -0.4 is 0 Å². The number of phenolic OH excluding ortho intramolecular Hbond substituents is 3. The summed E-state index contributed by atoms with van der Waals surface area (Å²) in [6, 6.07) is 13.5. The first-order chi connectivity index (χ1) is 25.7. The first-order valence-electron chi connectivity index (χ1n) is 21.6. The topological polar surface area (TPSA) is 60.7 Å². The van der Waals surface area contributed by atoms with Gasteiger partial charge in [0.05, 0.1) is 0 Å². The first-order valence-corrected chi connectivity index (χ1v) is 21.6. The zero-order valence-corrected chi connectivity index (χ0v) is 39.9. The Morgan fingerprint density at radius 3 is 0.544 bits per heavy atom. The third-order valence-corrected chi connectivity index (χ3v) is 11.9. The molecule has 4 rings (SSSR count). The fourth-order valence-corrected chi connectivity index (χ4v) is 8.79. The lowest BCUT2D eigenvalue weighted by atomic mass is 9.71. The largest absolute Gasteiger partial charge is 0.507 e. The van der Waals surface area contributed by atoms with Crippen molar-refractivity contribution in [2.24, 2.45) is 0 Å². The summed E-state index contributed by atoms with van der Waals surface area (Å²) in [5.74, 6) is 1.14. The zero-order valence-electron chi connectivity index (χ0n) is 39.9. The van der Waals surface area contributed by atoms with E-state index < -0.39 is 0 Å². The van der Waals surface area contributed by atoms with Gasteiger partial charge in [0.1, 0.15) is 17.2 Å². The van der Waals surface area contributed by atoms with Crippen LogP contribution in [0.4, 0.5) is 0 Å². The van der Waals surface area contributed by atoms with Gasteiger partial charge in [-0.3, -0.25) is 0 Å². The molecule has 0 heterocycles. The summed E-state index contributed by atoms with van der Waals surface area (Å²) in [4.78, 5) is 0. The van der Waals surface area contributed by atoms with Gasteiger partial charge in [0.15, 0.2) is 0 Å². The molecule has 0 aromatic heterocycles. The van der Waals surface area contributed by atoms with Crippen molar-refractivity contribution in [2.75, 3.05) is 0 Å². The fourth-order valence-electron chi connectivity index (χ4n) is 8.79. The minimum Gasteiger partial charge on any atom is -0.507 e. The van der Waals surface area contributed by atoms with E-state index in [4.69, 9.17) is 0 Å². The van der Waals surface area contributed by atoms with E-state index in [1.54, 1.807) is 0 Å². The first kappa shape index (κ1) is 46.0. The van der Waals surface area contributed by atoms with Crippen LogP contribution in [0.1, 0.15) is 195 Å². The molecule has 0 bridgehead atoms. The number of aromatic hydroxyl groups is 3. The van der Waals surface area contributed by atoms with E-state index in [0.29, 0.717) is 17.2 Å². The van der Waals surface area contributed by atoms with Gasteiger partial charge in [-0.15, -0.1) is 0 Å². The van der Waals surface area contributed by atoms with E-state index in [9.17, 15) is 15.3 Å². The molecular formula is C54H78O3. The van der Waals surface area contributed by atoms with Crippen LogP contribution in [0.2, 0.25) is 0 Å². The van der Waals surface area contributed by atoms with E-state index in [1.807, 2.05) is 0 Å². The predicted octanol–water partition coefficient (Wildman–Crippen LogP) is 15.3. The Bertz CT molecular complexity index is 1780. The lowest BCUT2D eigenvalue weighted by Gasteiger charge is -2.33. The standard InChI is InChI=1S/C54H78O3/c1-22-34-43(31-25-37(49(4,5)6)46(55)38(26-31)50(7,8)9)35(23-2)45(33-29-41(53(16,17)18)48(57)42(30-33)54(19,20)21)36(24-3)44(34)32-27-39(51(10,11)12)47(56)40(28-32)52(13,14)15/h25-30,55-57H,22-24H2,1-21H3. The van der Waals surface area contributed by atoms with Crippen molar-refractivity contribution in [3.63, 3.8) is 0 Å². The molecule has 57 heavy (non-hydrogen) atoms. The van der Waals surface area contributed by atoms with Crippen LogP contribution in [0.3, 0.4) is 0 Å². The van der Waals surface area contributed by atoms with Crippen molar-refractivity contribution >= 4 is 0 Å². The van der Waals surface area contributed by atoms with E-state index in [0.717, 1.165) is 69.3 Å². The second kappa shape index (κ2) is 15.1. The molecule has 0 fully saturated rings. The lowest BCUT2D eigenvalue weighted by Crippen LogP contribution is -2.19. The number of phenols is 3. The smallest absolute Gasteiger partial charge is 0.123 e. The number of hydrogen-bond donors (Lipinski definition) is 3. The van der Waals surface area contributed by atoms with Crippen molar-refractivity contribution in [1.82, 2.24) is 0 Å². The Morgan fingerprint density at radius 2 is 0.439 bits per heavy atom. The lowest BCUT2D eigenvalue weighted by molar-refractivity contribution is 0.422. The predicted molar refractivity (Wildman–Crippen MR) is 248 cm³/mol. The van der Waals surface area contributed by atoms with Crippen molar-refractivity contribution in [1.29, 1.82) is 0 Å². The highest BCUT2D eigenvalue weighted by atomic mass is 16.3. The molecule has 312 valence electrons. The van der Waals surface area contributed by atoms with Crippen molar-refractivity contribution in [3.05, 3.63) is 86.5 Å². The van der Waals surface area contributed by atoms with Crippen LogP contribution in [0.5, 0.6) is 17.2 Å². The summed E-state index contributed by atoms with van der Waals surface area (Å²) in [5, 5.41) is 35.9. The van der Waals surface area contributed by atoms with Crippen molar-refractivity contribution in [3.8, 4) is 50.6 Å². The van der Waals surface area contributed by atoms with E-state index >= 15 is 0 Å². The molecule has 3 nitrogen and oxygen atoms in total. The van der Waals surface area contributed by atoms with Crippen molar-refractivity contribution in [2.45, 2.75) is 197 Å². The van der Waals surface area contributed by atoms with Gasteiger partial charge in [0, 0.05) is 33.4 Å². The Balaban J connectivity index is 2.51. The summed E-state index contributed by atoms with van der Waals surface area (Å²) in [6.45, 7) is 46.2. The van der Waals surface area contributed by atoms with Gasteiger partial charge >= 0.3 is 0 Å². The third kappa shape index (κ3) is 8.84. The Kier molecular flexibility index (Phi) is 12.2. The van der Waals surface area contributed by atoms with Gasteiger partial charge < -0.3 is 15.3 Å². The Labute approximate surface area is 348 Å². The van der Waals surface area contributed by atoms with Crippen LogP contribution in [-0.4, -0.2) is 15.3 Å². The van der Waals surface area contributed by atoms with E-state index in [2.05, 4.69) is 182 Å². The van der Waals surface area contributed by atoms with Crippen LogP contribution in [0.25, 0.3) is 33.4 Å². The molecule has 4 aromatic rings. The Hall–Kier alpha value is -3.72. The van der Waals surface area contributed by atoms with E-state index in [-0.39, 0.29) is 32.5 Å². The van der Waals surface area contributed by atoms with Gasteiger partial charge in [0.2, 0.25) is 0 Å². The average molecular weight is 775 g/mol. The van der Waals surface area contributed by atoms with E-state index in [1.165, 1.54) is 33.4 Å². The quantitative estimate of drug-likeness (QED) is 0.183. The third-order valence-electron chi connectivity index (χ3n) is 11.9. The highest BCUT2D eigenvalue weighted by molar-refractivity contribution is 5.94. The fraction of sp³-hybridized carbons (Fsp3) is 0.556. The molecule has 0 unspecified atom stereocenters. The molecule has 0 aliphatic heterocycles. The van der Waals surface area contributed by atoms with Gasteiger partial charge in [-0.1, -0.05) is 145 Å². The molecule has 0 aliphatic carbocycles. The van der Waals surface area contributed by atoms with Crippen molar-refractivity contribution < 1.29 is 15.3 Å². The molecule has 0 saturated carbocycles. The summed E-state index contributed by atoms with van der Waals surface area (Å²) in [7, 11) is 0. The van der Waals surface area contributed by atoms with Gasteiger partial charge in [-0.25, -0.2) is 0 Å². The molecule has 0 amide bonds. The molecule has 4 aromatic carbocycles. The normalized spacial score (nSPS) is 13.4. The number of benzene rings is 4. The molecule has 0 radical (unpaired) electrons. The zero-order chi connectivity index (χ0) is 43.8. The summed E-state index contributed by atoms with van der Waals surface area (Å²) in [6.07, 6.45) is 2.40. The second-order valence-corrected chi connectivity index (χ2v) is 22.9. The average Bonchev–Trinajstić information content (AvgIpc) is 3.04. The molecule has 0 atom stereocenters. The molecule has 0 aliphatic rings. The van der Waals surface area contributed by atoms with Crippen LogP contribution in [0, 0.1) is 0 Å². The monoisotopic (exact) mass is 775 g/mol. The maximum absolute atomic E-state index is 12.0. The van der Waals surface area contributed by atoms with Crippen LogP contribution >= 0.6 is 0 Å². The Morgan fingerprint density at radius 1 is 0.298 bits per heavy atom. The molecule has 3 N–H and O–H groups in total. The van der Waals surface area contributed by atoms with Crippen LogP contribution in [-0.2, 0) is 51.8 Å².